The fourth-order valence-corrected chi connectivity index (χ4v) is 4.57. The molecule has 1 aliphatic rings. The molecule has 0 spiro atoms. The third-order valence-electron chi connectivity index (χ3n) is 4.41. The summed E-state index contributed by atoms with van der Waals surface area (Å²) in [7, 11) is -3.69. The molecule has 140 valence electrons. The summed E-state index contributed by atoms with van der Waals surface area (Å²) in [5.41, 5.74) is 0.846. The normalized spacial score (nSPS) is 17.0. The smallest absolute Gasteiger partial charge is 0.287 e. The molecule has 1 saturated heterocycles. The first-order valence-corrected chi connectivity index (χ1v) is 10.4. The maximum absolute atomic E-state index is 12.6. The van der Waals surface area contributed by atoms with Crippen molar-refractivity contribution in [2.45, 2.75) is 37.3 Å². The Morgan fingerprint density at radius 2 is 1.92 bits per heavy atom. The van der Waals surface area contributed by atoms with Crippen LogP contribution in [-0.4, -0.2) is 31.7 Å². The Hall–Kier alpha value is -1.83. The van der Waals surface area contributed by atoms with E-state index in [1.807, 2.05) is 13.0 Å². The summed E-state index contributed by atoms with van der Waals surface area (Å²) in [6.45, 7) is 2.78. The molecule has 1 aromatic heterocycles. The SMILES string of the molecule is CC(NC(=O)c1ccc(S(=O)(=O)N2CCCCC2)o1)c1cccc(Cl)c1. The summed E-state index contributed by atoms with van der Waals surface area (Å²) in [5, 5.41) is 3.17. The van der Waals surface area contributed by atoms with Crippen molar-refractivity contribution in [1.82, 2.24) is 9.62 Å². The molecule has 26 heavy (non-hydrogen) atoms. The molecule has 1 aromatic carbocycles. The van der Waals surface area contributed by atoms with Crippen molar-refractivity contribution in [1.29, 1.82) is 0 Å². The standard InChI is InChI=1S/C18H21ClN2O4S/c1-13(14-6-5-7-15(19)12-14)20-18(22)16-8-9-17(25-16)26(23,24)21-10-3-2-4-11-21/h5-9,12-13H,2-4,10-11H2,1H3,(H,20,22). The Kier molecular flexibility index (Phi) is 5.70. The molecule has 1 aliphatic heterocycles. The molecule has 1 atom stereocenters. The number of sulfonamides is 1. The van der Waals surface area contributed by atoms with Gasteiger partial charge >= 0.3 is 0 Å². The second-order valence-corrected chi connectivity index (χ2v) is 8.64. The van der Waals surface area contributed by atoms with Crippen LogP contribution in [0.3, 0.4) is 0 Å². The first-order chi connectivity index (χ1) is 12.4. The summed E-state index contributed by atoms with van der Waals surface area (Å²) in [6, 6.07) is 9.60. The number of halogens is 1. The zero-order valence-corrected chi connectivity index (χ0v) is 16.0. The van der Waals surface area contributed by atoms with E-state index in [0.717, 1.165) is 24.8 Å². The van der Waals surface area contributed by atoms with Crippen molar-refractivity contribution in [2.75, 3.05) is 13.1 Å². The van der Waals surface area contributed by atoms with Crippen LogP contribution < -0.4 is 5.32 Å². The fourth-order valence-electron chi connectivity index (χ4n) is 2.94. The van der Waals surface area contributed by atoms with E-state index in [-0.39, 0.29) is 16.9 Å². The molecule has 0 aliphatic carbocycles. The summed E-state index contributed by atoms with van der Waals surface area (Å²) in [5.74, 6) is -0.507. The first-order valence-electron chi connectivity index (χ1n) is 8.54. The van der Waals surface area contributed by atoms with Crippen molar-refractivity contribution in [3.8, 4) is 0 Å². The van der Waals surface area contributed by atoms with Gasteiger partial charge in [-0.3, -0.25) is 4.79 Å². The van der Waals surface area contributed by atoms with Gasteiger partial charge in [-0.1, -0.05) is 30.2 Å². The lowest BCUT2D eigenvalue weighted by Gasteiger charge is -2.24. The number of rotatable bonds is 5. The molecule has 1 amide bonds. The lowest BCUT2D eigenvalue weighted by atomic mass is 10.1. The molecular formula is C18H21ClN2O4S. The van der Waals surface area contributed by atoms with Crippen molar-refractivity contribution >= 4 is 27.5 Å². The molecule has 3 rings (SSSR count). The molecule has 1 unspecified atom stereocenters. The van der Waals surface area contributed by atoms with Gasteiger partial charge in [-0.15, -0.1) is 0 Å². The third-order valence-corrected chi connectivity index (χ3v) is 6.42. The van der Waals surface area contributed by atoms with Gasteiger partial charge in [-0.2, -0.15) is 4.31 Å². The number of furan rings is 1. The zero-order valence-electron chi connectivity index (χ0n) is 14.4. The average Bonchev–Trinajstić information content (AvgIpc) is 3.13. The van der Waals surface area contributed by atoms with E-state index in [9.17, 15) is 13.2 Å². The fraction of sp³-hybridized carbons (Fsp3) is 0.389. The largest absolute Gasteiger partial charge is 0.438 e. The van der Waals surface area contributed by atoms with Gasteiger partial charge in [0.25, 0.3) is 15.9 Å². The van der Waals surface area contributed by atoms with Crippen LogP contribution >= 0.6 is 11.6 Å². The molecule has 2 aromatic rings. The molecule has 2 heterocycles. The monoisotopic (exact) mass is 396 g/mol. The number of carbonyl (C=O) groups is 1. The van der Waals surface area contributed by atoms with Crippen molar-refractivity contribution in [2.24, 2.45) is 0 Å². The van der Waals surface area contributed by atoms with Crippen LogP contribution in [0.4, 0.5) is 0 Å². The van der Waals surface area contributed by atoms with Gasteiger partial charge in [-0.25, -0.2) is 8.42 Å². The Morgan fingerprint density at radius 3 is 2.62 bits per heavy atom. The first kappa shape index (κ1) is 18.9. The molecule has 0 bridgehead atoms. The minimum Gasteiger partial charge on any atom is -0.438 e. The summed E-state index contributed by atoms with van der Waals surface area (Å²) < 4.78 is 31.9. The Bertz CT molecular complexity index is 888. The number of nitrogens with zero attached hydrogens (tertiary/aromatic N) is 1. The molecule has 8 heteroatoms. The number of carbonyl (C=O) groups excluding carboxylic acids is 1. The van der Waals surface area contributed by atoms with Crippen LogP contribution in [0.25, 0.3) is 0 Å². The molecule has 6 nitrogen and oxygen atoms in total. The predicted octanol–water partition coefficient (Wildman–Crippen LogP) is 3.60. The topological polar surface area (TPSA) is 79.6 Å². The lowest BCUT2D eigenvalue weighted by molar-refractivity contribution is 0.0906. The highest BCUT2D eigenvalue weighted by Gasteiger charge is 2.29. The Balaban J connectivity index is 1.71. The van der Waals surface area contributed by atoms with E-state index in [0.29, 0.717) is 18.1 Å². The van der Waals surface area contributed by atoms with Crippen LogP contribution in [0, 0.1) is 0 Å². The highest BCUT2D eigenvalue weighted by atomic mass is 35.5. The van der Waals surface area contributed by atoms with E-state index >= 15 is 0 Å². The van der Waals surface area contributed by atoms with Gasteiger partial charge < -0.3 is 9.73 Å². The van der Waals surface area contributed by atoms with Crippen LogP contribution in [0.5, 0.6) is 0 Å². The van der Waals surface area contributed by atoms with Crippen LogP contribution in [0.15, 0.2) is 45.9 Å². The molecule has 0 saturated carbocycles. The molecule has 1 fully saturated rings. The van der Waals surface area contributed by atoms with Crippen molar-refractivity contribution in [3.05, 3.63) is 52.7 Å². The number of nitrogens with one attached hydrogen (secondary N) is 1. The zero-order chi connectivity index (χ0) is 18.7. The number of hydrogen-bond acceptors (Lipinski definition) is 4. The number of piperidine rings is 1. The maximum Gasteiger partial charge on any atom is 0.287 e. The van der Waals surface area contributed by atoms with E-state index < -0.39 is 15.9 Å². The quantitative estimate of drug-likeness (QED) is 0.837. The van der Waals surface area contributed by atoms with Crippen LogP contribution in [-0.2, 0) is 10.0 Å². The lowest BCUT2D eigenvalue weighted by Crippen LogP contribution is -2.35. The van der Waals surface area contributed by atoms with Crippen LogP contribution in [0.2, 0.25) is 5.02 Å². The van der Waals surface area contributed by atoms with Crippen molar-refractivity contribution in [3.63, 3.8) is 0 Å². The number of amides is 1. The highest BCUT2D eigenvalue weighted by molar-refractivity contribution is 7.89. The van der Waals surface area contributed by atoms with Gasteiger partial charge in [0, 0.05) is 18.1 Å². The average molecular weight is 397 g/mol. The number of benzene rings is 1. The minimum absolute atomic E-state index is 0.0329. The minimum atomic E-state index is -3.69. The van der Waals surface area contributed by atoms with E-state index in [1.54, 1.807) is 18.2 Å². The van der Waals surface area contributed by atoms with Gasteiger partial charge in [0.1, 0.15) is 0 Å². The summed E-state index contributed by atoms with van der Waals surface area (Å²) in [4.78, 5) is 12.4. The summed E-state index contributed by atoms with van der Waals surface area (Å²) in [6.07, 6.45) is 2.70. The highest BCUT2D eigenvalue weighted by Crippen LogP contribution is 2.23. The van der Waals surface area contributed by atoms with Gasteiger partial charge in [-0.05, 0) is 49.6 Å². The molecule has 1 N–H and O–H groups in total. The van der Waals surface area contributed by atoms with E-state index in [4.69, 9.17) is 16.0 Å². The molecule has 0 radical (unpaired) electrons. The van der Waals surface area contributed by atoms with Gasteiger partial charge in [0.05, 0.1) is 6.04 Å². The molecular weight excluding hydrogens is 376 g/mol. The van der Waals surface area contributed by atoms with Crippen molar-refractivity contribution < 1.29 is 17.6 Å². The third kappa shape index (κ3) is 4.11. The predicted molar refractivity (Wildman–Crippen MR) is 98.7 cm³/mol. The summed E-state index contributed by atoms with van der Waals surface area (Å²) >= 11 is 5.97. The Morgan fingerprint density at radius 1 is 1.19 bits per heavy atom. The van der Waals surface area contributed by atoms with Gasteiger partial charge in [0.2, 0.25) is 5.09 Å². The van der Waals surface area contributed by atoms with E-state index in [1.165, 1.54) is 16.4 Å². The maximum atomic E-state index is 12.6. The van der Waals surface area contributed by atoms with Gasteiger partial charge in [0.15, 0.2) is 5.76 Å². The second kappa shape index (κ2) is 7.82. The number of hydrogen-bond donors (Lipinski definition) is 1. The van der Waals surface area contributed by atoms with E-state index in [2.05, 4.69) is 5.32 Å². The second-order valence-electron chi connectivity index (χ2n) is 6.33. The van der Waals surface area contributed by atoms with Crippen LogP contribution in [0.1, 0.15) is 48.3 Å². The Labute approximate surface area is 158 Å².